The van der Waals surface area contributed by atoms with Gasteiger partial charge in [0.1, 0.15) is 0 Å². The van der Waals surface area contributed by atoms with Crippen molar-refractivity contribution in [3.63, 3.8) is 0 Å². The topological polar surface area (TPSA) is 43.4 Å². The van der Waals surface area contributed by atoms with Crippen molar-refractivity contribution >= 4 is 5.97 Å². The maximum Gasteiger partial charge on any atom is 1.00 e. The Morgan fingerprint density at radius 2 is 0.596 bits per heavy atom. The van der Waals surface area contributed by atoms with Crippen molar-refractivity contribution in [1.82, 2.24) is 4.90 Å². The summed E-state index contributed by atoms with van der Waals surface area (Å²) in [4.78, 5) is 13.8. The van der Waals surface area contributed by atoms with Crippen LogP contribution in [-0.4, -0.2) is 30.0 Å². The molecule has 0 spiro atoms. The third-order valence-corrected chi connectivity index (χ3v) is 11.8. The van der Waals surface area contributed by atoms with E-state index in [1.807, 2.05) is 0 Å². The Kier molecular flexibility index (Phi) is 51.2. The molecule has 3 nitrogen and oxygen atoms in total. The predicted molar refractivity (Wildman–Crippen MR) is 227 cm³/mol. The van der Waals surface area contributed by atoms with E-state index in [4.69, 9.17) is 0 Å². The monoisotopic (exact) mass is 758 g/mol. The minimum absolute atomic E-state index is 0. The first-order valence-corrected chi connectivity index (χ1v) is 24.1. The summed E-state index contributed by atoms with van der Waals surface area (Å²) >= 11 is 0. The van der Waals surface area contributed by atoms with E-state index in [1.165, 1.54) is 244 Å². The molecular formula is C48H96KNO2. The van der Waals surface area contributed by atoms with Gasteiger partial charge in [-0.15, -0.1) is 0 Å². The minimum atomic E-state index is -0.889. The summed E-state index contributed by atoms with van der Waals surface area (Å²) in [6.45, 7) is 9.12. The normalized spacial score (nSPS) is 12.1. The van der Waals surface area contributed by atoms with Crippen LogP contribution in [0.2, 0.25) is 0 Å². The van der Waals surface area contributed by atoms with Crippen molar-refractivity contribution in [1.29, 1.82) is 0 Å². The van der Waals surface area contributed by atoms with Crippen LogP contribution in [0.3, 0.4) is 0 Å². The van der Waals surface area contributed by atoms with Crippen molar-refractivity contribution in [2.75, 3.05) is 13.1 Å². The van der Waals surface area contributed by atoms with Crippen LogP contribution in [0.4, 0.5) is 0 Å². The van der Waals surface area contributed by atoms with Crippen LogP contribution in [0.25, 0.3) is 0 Å². The van der Waals surface area contributed by atoms with Crippen LogP contribution < -0.4 is 56.5 Å². The molecular weight excluding hydrogens is 662 g/mol. The first-order chi connectivity index (χ1) is 25.2. The van der Waals surface area contributed by atoms with Crippen LogP contribution in [0.15, 0.2) is 0 Å². The average molecular weight is 758 g/mol. The number of unbranched alkanes of at least 4 members (excludes halogenated alkanes) is 36. The molecule has 0 rings (SSSR count). The maximum absolute atomic E-state index is 11.2. The van der Waals surface area contributed by atoms with E-state index in [0.717, 1.165) is 25.9 Å². The first kappa shape index (κ1) is 55.2. The van der Waals surface area contributed by atoms with E-state index in [2.05, 4.69) is 25.7 Å². The minimum Gasteiger partial charge on any atom is -0.550 e. The van der Waals surface area contributed by atoms with Gasteiger partial charge in [0.2, 0.25) is 0 Å². The van der Waals surface area contributed by atoms with Crippen molar-refractivity contribution in [3.8, 4) is 0 Å². The van der Waals surface area contributed by atoms with Gasteiger partial charge in [-0.3, -0.25) is 0 Å². The fraction of sp³-hybridized carbons (Fsp3) is 0.979. The van der Waals surface area contributed by atoms with Gasteiger partial charge in [-0.1, -0.05) is 252 Å². The molecule has 0 amide bonds. The number of carbonyl (C=O) groups is 1. The third-order valence-electron chi connectivity index (χ3n) is 11.8. The van der Waals surface area contributed by atoms with Crippen molar-refractivity contribution in [2.45, 2.75) is 290 Å². The Hall–Kier alpha value is 1.07. The molecule has 1 unspecified atom stereocenters. The molecule has 0 bridgehead atoms. The van der Waals surface area contributed by atoms with E-state index >= 15 is 0 Å². The molecule has 0 N–H and O–H groups in total. The van der Waals surface area contributed by atoms with E-state index in [1.54, 1.807) is 0 Å². The standard InChI is InChI=1S/C48H97NO2.K/c1-4-7-9-11-13-15-17-19-21-23-25-27-29-31-33-35-37-39-41-45-49(47(6-3)43-44-48(50)51)46-42-40-38-36-34-32-30-28-26-24-22-20-18-16-14-12-10-8-5-2;/h47H,4-46H2,1-3H3,(H,50,51);/q;+1/p-1. The maximum atomic E-state index is 11.2. The molecule has 0 aliphatic carbocycles. The number of hydrogen-bond acceptors (Lipinski definition) is 3. The summed E-state index contributed by atoms with van der Waals surface area (Å²) < 4.78 is 0. The summed E-state index contributed by atoms with van der Waals surface area (Å²) in [5.74, 6) is -0.889. The second kappa shape index (κ2) is 48.2. The SMILES string of the molecule is CCCCCCCCCCCCCCCCCCCCCN(CCCCCCCCCCCCCCCCCCCCC)C(CC)CCC(=O)[O-].[K+]. The van der Waals surface area contributed by atoms with Gasteiger partial charge in [0.25, 0.3) is 0 Å². The predicted octanol–water partition coefficient (Wildman–Crippen LogP) is 12.5. The van der Waals surface area contributed by atoms with E-state index in [9.17, 15) is 9.90 Å². The zero-order chi connectivity index (χ0) is 37.1. The van der Waals surface area contributed by atoms with E-state index < -0.39 is 5.97 Å². The zero-order valence-electron chi connectivity index (χ0n) is 36.7. The molecule has 0 radical (unpaired) electrons. The quantitative estimate of drug-likeness (QED) is 0.0459. The molecule has 0 saturated heterocycles. The molecule has 0 aromatic heterocycles. The molecule has 1 atom stereocenters. The van der Waals surface area contributed by atoms with Gasteiger partial charge in [0.15, 0.2) is 0 Å². The van der Waals surface area contributed by atoms with Crippen molar-refractivity contribution < 1.29 is 61.3 Å². The molecule has 306 valence electrons. The Morgan fingerprint density at radius 3 is 0.788 bits per heavy atom. The van der Waals surface area contributed by atoms with Crippen LogP contribution in [-0.2, 0) is 4.79 Å². The Balaban J connectivity index is 0. The largest absolute Gasteiger partial charge is 1.00 e. The van der Waals surface area contributed by atoms with Crippen molar-refractivity contribution in [2.24, 2.45) is 0 Å². The van der Waals surface area contributed by atoms with Gasteiger partial charge in [0, 0.05) is 12.0 Å². The Bertz CT molecular complexity index is 616. The number of rotatable bonds is 45. The first-order valence-electron chi connectivity index (χ1n) is 24.1. The molecule has 0 aromatic carbocycles. The molecule has 0 aliphatic heterocycles. The van der Waals surface area contributed by atoms with Crippen LogP contribution in [0.5, 0.6) is 0 Å². The van der Waals surface area contributed by atoms with Crippen LogP contribution >= 0.6 is 0 Å². The molecule has 0 fully saturated rings. The van der Waals surface area contributed by atoms with Crippen molar-refractivity contribution in [3.05, 3.63) is 0 Å². The second-order valence-corrected chi connectivity index (χ2v) is 16.7. The molecule has 0 saturated carbocycles. The zero-order valence-corrected chi connectivity index (χ0v) is 39.9. The van der Waals surface area contributed by atoms with Gasteiger partial charge >= 0.3 is 51.4 Å². The third kappa shape index (κ3) is 43.8. The molecule has 0 aromatic rings. The average Bonchev–Trinajstić information content (AvgIpc) is 3.13. The van der Waals surface area contributed by atoms with Gasteiger partial charge in [-0.05, 0) is 45.2 Å². The van der Waals surface area contributed by atoms with Gasteiger partial charge in [-0.2, -0.15) is 0 Å². The molecule has 0 aliphatic rings. The van der Waals surface area contributed by atoms with E-state index in [0.29, 0.717) is 6.04 Å². The number of nitrogens with zero attached hydrogens (tertiary/aromatic N) is 1. The Labute approximate surface area is 372 Å². The Morgan fingerprint density at radius 1 is 0.385 bits per heavy atom. The summed E-state index contributed by atoms with van der Waals surface area (Å²) in [6.07, 6.45) is 55.8. The number of carbonyl (C=O) groups excluding carboxylic acids is 1. The summed E-state index contributed by atoms with van der Waals surface area (Å²) in [7, 11) is 0. The summed E-state index contributed by atoms with van der Waals surface area (Å²) in [6, 6.07) is 0.397. The van der Waals surface area contributed by atoms with Gasteiger partial charge in [-0.25, -0.2) is 0 Å². The summed E-state index contributed by atoms with van der Waals surface area (Å²) in [5, 5.41) is 11.2. The number of aliphatic carboxylic acids is 1. The molecule has 52 heavy (non-hydrogen) atoms. The number of hydrogen-bond donors (Lipinski definition) is 0. The van der Waals surface area contributed by atoms with Gasteiger partial charge in [0.05, 0.1) is 0 Å². The summed E-state index contributed by atoms with van der Waals surface area (Å²) in [5.41, 5.74) is 0. The fourth-order valence-electron chi connectivity index (χ4n) is 8.19. The van der Waals surface area contributed by atoms with E-state index in [-0.39, 0.29) is 57.8 Å². The van der Waals surface area contributed by atoms with Crippen LogP contribution in [0, 0.1) is 0 Å². The van der Waals surface area contributed by atoms with Crippen LogP contribution in [0.1, 0.15) is 284 Å². The number of carboxylic acid groups (broad SMARTS) is 1. The van der Waals surface area contributed by atoms with Gasteiger partial charge < -0.3 is 14.8 Å². The fourth-order valence-corrected chi connectivity index (χ4v) is 8.19. The smallest absolute Gasteiger partial charge is 0.550 e. The second-order valence-electron chi connectivity index (χ2n) is 16.7. The number of carboxylic acids is 1. The molecule has 4 heteroatoms. The molecule has 0 heterocycles.